The van der Waals surface area contributed by atoms with Gasteiger partial charge in [-0.25, -0.2) is 4.39 Å². The molecule has 1 aromatic carbocycles. The van der Waals surface area contributed by atoms with Crippen LogP contribution in [-0.4, -0.2) is 77.2 Å². The van der Waals surface area contributed by atoms with Crippen molar-refractivity contribution in [3.63, 3.8) is 0 Å². The van der Waals surface area contributed by atoms with Crippen LogP contribution in [0, 0.1) is 0 Å². The molecule has 6 nitrogen and oxygen atoms in total. The first-order valence-electron chi connectivity index (χ1n) is 13.6. The van der Waals surface area contributed by atoms with Gasteiger partial charge in [-0.2, -0.15) is 18.3 Å². The van der Waals surface area contributed by atoms with Crippen LogP contribution < -0.4 is 5.32 Å². The Kier molecular flexibility index (Phi) is 7.54. The molecular weight excluding hydrogens is 510 g/mol. The molecule has 10 heteroatoms. The molecule has 0 amide bonds. The van der Waals surface area contributed by atoms with Gasteiger partial charge in [-0.05, 0) is 50.3 Å². The van der Waals surface area contributed by atoms with Crippen molar-refractivity contribution in [2.45, 2.75) is 69.5 Å². The molecule has 2 N–H and O–H groups in total. The van der Waals surface area contributed by atoms with Gasteiger partial charge in [0.1, 0.15) is 11.4 Å². The molecule has 2 aromatic rings. The summed E-state index contributed by atoms with van der Waals surface area (Å²) in [5.41, 5.74) is 3.61. The van der Waals surface area contributed by atoms with Crippen LogP contribution in [-0.2, 0) is 11.2 Å². The standard InChI is InChI=1S/C29H37F4N5O/c1-5-20(35-21-15-37(16-21)11-10-29(31,32)33)13-26(39-4)19(3)27-22-6-7-25-24(14-34-36-25)23(22)12-18(2)38(27)17-28(30)8-9-28/h5-7,13-14,18,21,27,35H,3,8-12,15-17H2,1-2,4H3,(H,34,36)/b20-5+,26-13+/t18-,27-/m1/s1. The summed E-state index contributed by atoms with van der Waals surface area (Å²) in [7, 11) is 1.60. The minimum atomic E-state index is -4.14. The lowest BCUT2D eigenvalue weighted by atomic mass is 9.83. The average molecular weight is 548 g/mol. The Balaban J connectivity index is 1.37. The summed E-state index contributed by atoms with van der Waals surface area (Å²) in [4.78, 5) is 4.00. The number of aromatic amines is 1. The van der Waals surface area contributed by atoms with Crippen molar-refractivity contribution in [2.75, 3.05) is 33.3 Å². The number of hydrogen-bond donors (Lipinski definition) is 2. The number of aromatic nitrogens is 2. The fourth-order valence-corrected chi connectivity index (χ4v) is 5.81. The second-order valence-corrected chi connectivity index (χ2v) is 11.2. The number of methoxy groups -OCH3 is 1. The zero-order valence-electron chi connectivity index (χ0n) is 22.7. The van der Waals surface area contributed by atoms with E-state index in [-0.39, 0.29) is 24.7 Å². The van der Waals surface area contributed by atoms with E-state index in [1.54, 1.807) is 12.0 Å². The van der Waals surface area contributed by atoms with Crippen molar-refractivity contribution in [1.82, 2.24) is 25.3 Å². The van der Waals surface area contributed by atoms with Gasteiger partial charge in [0.15, 0.2) is 0 Å². The Morgan fingerprint density at radius 2 is 2.05 bits per heavy atom. The summed E-state index contributed by atoms with van der Waals surface area (Å²) in [6, 6.07) is 3.95. The van der Waals surface area contributed by atoms with Crippen LogP contribution in [0.25, 0.3) is 10.9 Å². The SMILES string of the molecule is C=C(/C(=C\C(=C/C)NC1CN(CCC(F)(F)F)C1)OC)[C@@H]1c2ccc3[nH]ncc3c2C[C@@H](C)N1CC1(F)CC1. The molecular formula is C29H37F4N5O. The van der Waals surface area contributed by atoms with E-state index in [1.165, 1.54) is 5.56 Å². The highest BCUT2D eigenvalue weighted by molar-refractivity contribution is 5.83. The van der Waals surface area contributed by atoms with Gasteiger partial charge in [0.2, 0.25) is 0 Å². The number of halogens is 4. The molecule has 3 aliphatic rings. The minimum absolute atomic E-state index is 0.0118. The molecule has 1 aromatic heterocycles. The van der Waals surface area contributed by atoms with Gasteiger partial charge >= 0.3 is 6.18 Å². The molecule has 0 bridgehead atoms. The summed E-state index contributed by atoms with van der Waals surface area (Å²) in [5, 5.41) is 11.8. The molecule has 1 saturated carbocycles. The molecule has 2 atom stereocenters. The molecule has 1 aliphatic carbocycles. The number of nitrogens with one attached hydrogen (secondary N) is 2. The smallest absolute Gasteiger partial charge is 0.390 e. The van der Waals surface area contributed by atoms with Gasteiger partial charge in [-0.15, -0.1) is 0 Å². The van der Waals surface area contributed by atoms with E-state index in [0.29, 0.717) is 38.2 Å². The zero-order valence-corrected chi connectivity index (χ0v) is 22.7. The minimum Gasteiger partial charge on any atom is -0.496 e. The van der Waals surface area contributed by atoms with Gasteiger partial charge in [0.05, 0.1) is 37.3 Å². The van der Waals surface area contributed by atoms with Crippen LogP contribution in [0.3, 0.4) is 0 Å². The molecule has 3 heterocycles. The van der Waals surface area contributed by atoms with E-state index >= 15 is 4.39 Å². The van der Waals surface area contributed by atoms with Crippen LogP contribution in [0.15, 0.2) is 54.1 Å². The van der Waals surface area contributed by atoms with E-state index in [9.17, 15) is 13.2 Å². The number of fused-ring (bicyclic) bond motifs is 3. The average Bonchev–Trinajstić information content (AvgIpc) is 3.38. The summed E-state index contributed by atoms with van der Waals surface area (Å²) >= 11 is 0. The van der Waals surface area contributed by atoms with E-state index < -0.39 is 18.3 Å². The van der Waals surface area contributed by atoms with Crippen molar-refractivity contribution in [1.29, 1.82) is 0 Å². The topological polar surface area (TPSA) is 56.4 Å². The van der Waals surface area contributed by atoms with Gasteiger partial charge in [0, 0.05) is 55.0 Å². The maximum absolute atomic E-state index is 15.1. The molecule has 0 radical (unpaired) electrons. The number of alkyl halides is 4. The molecule has 5 rings (SSSR count). The first kappa shape index (κ1) is 27.7. The van der Waals surface area contributed by atoms with E-state index in [4.69, 9.17) is 4.74 Å². The maximum Gasteiger partial charge on any atom is 0.390 e. The monoisotopic (exact) mass is 547 g/mol. The summed E-state index contributed by atoms with van der Waals surface area (Å²) < 4.78 is 58.6. The quantitative estimate of drug-likeness (QED) is 0.232. The number of ether oxygens (including phenoxy) is 1. The third-order valence-electron chi connectivity index (χ3n) is 8.23. The Bertz CT molecular complexity index is 1270. The number of likely N-dealkylation sites (tertiary alicyclic amines) is 1. The second kappa shape index (κ2) is 10.6. The number of allylic oxidation sites excluding steroid dienone is 2. The first-order valence-corrected chi connectivity index (χ1v) is 13.6. The van der Waals surface area contributed by atoms with Gasteiger partial charge in [-0.1, -0.05) is 18.7 Å². The zero-order chi connectivity index (χ0) is 27.9. The molecule has 0 spiro atoms. The fraction of sp³-hybridized carbons (Fsp3) is 0.552. The third kappa shape index (κ3) is 6.01. The predicted octanol–water partition coefficient (Wildman–Crippen LogP) is 5.57. The number of rotatable bonds is 10. The number of benzene rings is 1. The van der Waals surface area contributed by atoms with E-state index in [2.05, 4.69) is 40.0 Å². The Hall–Kier alpha value is -2.85. The summed E-state index contributed by atoms with van der Waals surface area (Å²) in [6.45, 7) is 9.93. The normalized spacial score (nSPS) is 24.4. The second-order valence-electron chi connectivity index (χ2n) is 11.2. The molecule has 39 heavy (non-hydrogen) atoms. The lowest BCUT2D eigenvalue weighted by Crippen LogP contribution is -2.57. The van der Waals surface area contributed by atoms with Crippen molar-refractivity contribution in [2.24, 2.45) is 0 Å². The van der Waals surface area contributed by atoms with Crippen molar-refractivity contribution in [3.8, 4) is 0 Å². The summed E-state index contributed by atoms with van der Waals surface area (Å²) in [5.74, 6) is 0.579. The van der Waals surface area contributed by atoms with Gasteiger partial charge in [0.25, 0.3) is 0 Å². The first-order chi connectivity index (χ1) is 18.5. The maximum atomic E-state index is 15.1. The van der Waals surface area contributed by atoms with Crippen LogP contribution in [0.1, 0.15) is 50.3 Å². The van der Waals surface area contributed by atoms with Crippen LogP contribution in [0.2, 0.25) is 0 Å². The lowest BCUT2D eigenvalue weighted by Gasteiger charge is -2.44. The number of H-pyrrole nitrogens is 1. The van der Waals surface area contributed by atoms with Gasteiger partial charge < -0.3 is 10.1 Å². The largest absolute Gasteiger partial charge is 0.496 e. The number of hydrogen-bond acceptors (Lipinski definition) is 5. The molecule has 1 saturated heterocycles. The van der Waals surface area contributed by atoms with E-state index in [1.807, 2.05) is 31.3 Å². The highest BCUT2D eigenvalue weighted by atomic mass is 19.4. The van der Waals surface area contributed by atoms with Gasteiger partial charge in [-0.3, -0.25) is 14.9 Å². The highest BCUT2D eigenvalue weighted by Gasteiger charge is 2.48. The lowest BCUT2D eigenvalue weighted by molar-refractivity contribution is -0.140. The van der Waals surface area contributed by atoms with Crippen molar-refractivity contribution < 1.29 is 22.3 Å². The van der Waals surface area contributed by atoms with Crippen molar-refractivity contribution >= 4 is 10.9 Å². The van der Waals surface area contributed by atoms with E-state index in [0.717, 1.165) is 34.2 Å². The predicted molar refractivity (Wildman–Crippen MR) is 144 cm³/mol. The molecule has 0 unspecified atom stereocenters. The fourth-order valence-electron chi connectivity index (χ4n) is 5.81. The Morgan fingerprint density at radius 1 is 1.31 bits per heavy atom. The van der Waals surface area contributed by atoms with Crippen LogP contribution in [0.5, 0.6) is 0 Å². The van der Waals surface area contributed by atoms with Crippen LogP contribution in [0.4, 0.5) is 17.6 Å². The molecule has 2 aliphatic heterocycles. The number of nitrogens with zero attached hydrogens (tertiary/aromatic N) is 3. The van der Waals surface area contributed by atoms with Crippen molar-refractivity contribution in [3.05, 3.63) is 65.2 Å². The van der Waals surface area contributed by atoms with Crippen LogP contribution >= 0.6 is 0 Å². The summed E-state index contributed by atoms with van der Waals surface area (Å²) in [6.07, 6.45) is 2.63. The molecule has 2 fully saturated rings. The third-order valence-corrected chi connectivity index (χ3v) is 8.23. The highest BCUT2D eigenvalue weighted by Crippen LogP contribution is 2.47. The Labute approximate surface area is 226 Å². The Morgan fingerprint density at radius 3 is 2.69 bits per heavy atom. The molecule has 212 valence electrons.